The Kier molecular flexibility index (Phi) is 1.20. The number of allylic oxidation sites excluding steroid dienone is 1. The average molecular weight is 110 g/mol. The van der Waals surface area contributed by atoms with Crippen LogP contribution in [-0.2, 0) is 4.79 Å². The van der Waals surface area contributed by atoms with E-state index in [-0.39, 0.29) is 0 Å². The number of Topliss-reactive ketones (excluding diaryl/α,β-unsaturated/α-hetero) is 1. The molecule has 8 heavy (non-hydrogen) atoms. The first-order valence-electron chi connectivity index (χ1n) is 2.88. The van der Waals surface area contributed by atoms with E-state index in [2.05, 4.69) is 6.58 Å². The Morgan fingerprint density at radius 1 is 1.88 bits per heavy atom. The second-order valence-electron chi connectivity index (χ2n) is 2.35. The normalized spacial score (nSPS) is 34.1. The Morgan fingerprint density at radius 3 is 2.62 bits per heavy atom. The van der Waals surface area contributed by atoms with Crippen LogP contribution >= 0.6 is 0 Å². The van der Waals surface area contributed by atoms with Gasteiger partial charge in [-0.3, -0.25) is 4.79 Å². The average Bonchev–Trinajstić information content (AvgIpc) is 2.42. The SMILES string of the molecule is C=C[C@@H]1C[C@@H]1C(C)=O. The van der Waals surface area contributed by atoms with E-state index in [1.807, 2.05) is 6.08 Å². The molecule has 0 aliphatic heterocycles. The molecule has 0 amide bonds. The summed E-state index contributed by atoms with van der Waals surface area (Å²) in [6, 6.07) is 0. The minimum atomic E-state index is 0.315. The highest BCUT2D eigenvalue weighted by molar-refractivity contribution is 5.81. The minimum Gasteiger partial charge on any atom is -0.300 e. The third-order valence-electron chi connectivity index (χ3n) is 1.66. The molecule has 0 saturated heterocycles. The quantitative estimate of drug-likeness (QED) is 0.491. The Bertz CT molecular complexity index is 126. The predicted octanol–water partition coefficient (Wildman–Crippen LogP) is 1.40. The molecule has 0 heterocycles. The van der Waals surface area contributed by atoms with E-state index >= 15 is 0 Å². The van der Waals surface area contributed by atoms with Gasteiger partial charge < -0.3 is 0 Å². The molecule has 0 aromatic carbocycles. The minimum absolute atomic E-state index is 0.315. The molecule has 1 nitrogen and oxygen atoms in total. The lowest BCUT2D eigenvalue weighted by molar-refractivity contribution is -0.118. The van der Waals surface area contributed by atoms with Gasteiger partial charge in [-0.1, -0.05) is 6.08 Å². The van der Waals surface area contributed by atoms with Crippen molar-refractivity contribution in [3.8, 4) is 0 Å². The molecule has 1 rings (SSSR count). The van der Waals surface area contributed by atoms with E-state index in [0.29, 0.717) is 17.6 Å². The van der Waals surface area contributed by atoms with Crippen LogP contribution < -0.4 is 0 Å². The van der Waals surface area contributed by atoms with Gasteiger partial charge in [-0.15, -0.1) is 6.58 Å². The maximum atomic E-state index is 10.5. The van der Waals surface area contributed by atoms with Crippen molar-refractivity contribution in [3.63, 3.8) is 0 Å². The number of carbonyl (C=O) groups excluding carboxylic acids is 1. The van der Waals surface area contributed by atoms with E-state index in [0.717, 1.165) is 6.42 Å². The maximum absolute atomic E-state index is 10.5. The summed E-state index contributed by atoms with van der Waals surface area (Å²) in [4.78, 5) is 10.5. The summed E-state index contributed by atoms with van der Waals surface area (Å²) < 4.78 is 0. The van der Waals surface area contributed by atoms with Crippen LogP contribution in [0.5, 0.6) is 0 Å². The van der Waals surface area contributed by atoms with Crippen molar-refractivity contribution in [1.82, 2.24) is 0 Å². The molecule has 1 aliphatic carbocycles. The largest absolute Gasteiger partial charge is 0.300 e. The van der Waals surface area contributed by atoms with Crippen LogP contribution in [-0.4, -0.2) is 5.78 Å². The fourth-order valence-electron chi connectivity index (χ4n) is 0.943. The van der Waals surface area contributed by atoms with Gasteiger partial charge >= 0.3 is 0 Å². The van der Waals surface area contributed by atoms with Gasteiger partial charge in [0.25, 0.3) is 0 Å². The van der Waals surface area contributed by atoms with E-state index < -0.39 is 0 Å². The monoisotopic (exact) mass is 110 g/mol. The molecule has 1 saturated carbocycles. The van der Waals surface area contributed by atoms with E-state index in [9.17, 15) is 4.79 Å². The second-order valence-corrected chi connectivity index (χ2v) is 2.35. The second kappa shape index (κ2) is 1.73. The Balaban J connectivity index is 2.36. The molecule has 1 heteroatoms. The first kappa shape index (κ1) is 5.54. The topological polar surface area (TPSA) is 17.1 Å². The highest BCUT2D eigenvalue weighted by Gasteiger charge is 2.37. The van der Waals surface area contributed by atoms with Gasteiger partial charge in [-0.25, -0.2) is 0 Å². The Morgan fingerprint density at radius 2 is 2.50 bits per heavy atom. The molecule has 0 bridgehead atoms. The first-order valence-corrected chi connectivity index (χ1v) is 2.88. The zero-order chi connectivity index (χ0) is 6.15. The molecule has 1 aliphatic rings. The molecule has 2 atom stereocenters. The summed E-state index contributed by atoms with van der Waals surface area (Å²) in [5, 5.41) is 0. The lowest BCUT2D eigenvalue weighted by Gasteiger charge is -1.82. The molecule has 0 N–H and O–H groups in total. The number of carbonyl (C=O) groups is 1. The molecule has 0 spiro atoms. The highest BCUT2D eigenvalue weighted by Crippen LogP contribution is 2.39. The molecule has 0 aromatic rings. The lowest BCUT2D eigenvalue weighted by Crippen LogP contribution is -1.92. The Labute approximate surface area is 49.4 Å². The number of hydrogen-bond donors (Lipinski definition) is 0. The lowest BCUT2D eigenvalue weighted by atomic mass is 10.2. The maximum Gasteiger partial charge on any atom is 0.133 e. The van der Waals surface area contributed by atoms with Crippen molar-refractivity contribution in [1.29, 1.82) is 0 Å². The standard InChI is InChI=1S/C7H10O/c1-3-6-4-7(6)5(2)8/h3,6-7H,1,4H2,2H3/t6-,7-/m1/s1. The van der Waals surface area contributed by atoms with E-state index in [4.69, 9.17) is 0 Å². The Hall–Kier alpha value is -0.590. The zero-order valence-corrected chi connectivity index (χ0v) is 5.05. The number of ketones is 1. The van der Waals surface area contributed by atoms with Crippen LogP contribution in [0.3, 0.4) is 0 Å². The van der Waals surface area contributed by atoms with Gasteiger partial charge in [0.05, 0.1) is 0 Å². The van der Waals surface area contributed by atoms with Crippen LogP contribution in [0.25, 0.3) is 0 Å². The van der Waals surface area contributed by atoms with Crippen LogP contribution in [0.2, 0.25) is 0 Å². The van der Waals surface area contributed by atoms with Crippen molar-refractivity contribution in [2.24, 2.45) is 11.8 Å². The zero-order valence-electron chi connectivity index (χ0n) is 5.05. The molecule has 0 aromatic heterocycles. The van der Waals surface area contributed by atoms with Crippen molar-refractivity contribution >= 4 is 5.78 Å². The third kappa shape index (κ3) is 0.808. The van der Waals surface area contributed by atoms with Crippen molar-refractivity contribution in [3.05, 3.63) is 12.7 Å². The molecule has 0 radical (unpaired) electrons. The molecule has 1 fully saturated rings. The summed E-state index contributed by atoms with van der Waals surface area (Å²) in [5.41, 5.74) is 0. The third-order valence-corrected chi connectivity index (χ3v) is 1.66. The summed E-state index contributed by atoms with van der Waals surface area (Å²) in [5.74, 6) is 1.15. The predicted molar refractivity (Wildman–Crippen MR) is 32.5 cm³/mol. The molecular formula is C7H10O. The van der Waals surface area contributed by atoms with Crippen molar-refractivity contribution in [2.75, 3.05) is 0 Å². The van der Waals surface area contributed by atoms with Gasteiger partial charge in [0.15, 0.2) is 0 Å². The summed E-state index contributed by atoms with van der Waals surface area (Å²) in [7, 11) is 0. The fourth-order valence-corrected chi connectivity index (χ4v) is 0.943. The highest BCUT2D eigenvalue weighted by atomic mass is 16.1. The van der Waals surface area contributed by atoms with Crippen molar-refractivity contribution < 1.29 is 4.79 Å². The smallest absolute Gasteiger partial charge is 0.133 e. The fraction of sp³-hybridized carbons (Fsp3) is 0.571. The van der Waals surface area contributed by atoms with Gasteiger partial charge in [0.1, 0.15) is 5.78 Å². The molecular weight excluding hydrogens is 100 g/mol. The molecule has 44 valence electrons. The van der Waals surface area contributed by atoms with Crippen LogP contribution in [0.1, 0.15) is 13.3 Å². The van der Waals surface area contributed by atoms with Crippen LogP contribution in [0.4, 0.5) is 0 Å². The van der Waals surface area contributed by atoms with Crippen molar-refractivity contribution in [2.45, 2.75) is 13.3 Å². The van der Waals surface area contributed by atoms with Gasteiger partial charge in [-0.2, -0.15) is 0 Å². The summed E-state index contributed by atoms with van der Waals surface area (Å²) >= 11 is 0. The molecule has 0 unspecified atom stereocenters. The summed E-state index contributed by atoms with van der Waals surface area (Å²) in [6.07, 6.45) is 2.91. The first-order chi connectivity index (χ1) is 3.75. The van der Waals surface area contributed by atoms with Crippen LogP contribution in [0.15, 0.2) is 12.7 Å². The van der Waals surface area contributed by atoms with Gasteiger partial charge in [0.2, 0.25) is 0 Å². The number of rotatable bonds is 2. The van der Waals surface area contributed by atoms with Gasteiger partial charge in [0, 0.05) is 5.92 Å². The van der Waals surface area contributed by atoms with Gasteiger partial charge in [-0.05, 0) is 19.3 Å². The number of hydrogen-bond acceptors (Lipinski definition) is 1. The van der Waals surface area contributed by atoms with Crippen LogP contribution in [0, 0.1) is 11.8 Å². The summed E-state index contributed by atoms with van der Waals surface area (Å²) in [6.45, 7) is 5.25. The van der Waals surface area contributed by atoms with E-state index in [1.54, 1.807) is 6.92 Å². The van der Waals surface area contributed by atoms with E-state index in [1.165, 1.54) is 0 Å².